The number of rotatable bonds is 6. The van der Waals surface area contributed by atoms with E-state index in [0.717, 1.165) is 34.0 Å². The van der Waals surface area contributed by atoms with E-state index in [2.05, 4.69) is 9.97 Å². The molecule has 2 aromatic heterocycles. The standard InChI is InChI=1S/C22H20N2O2/c1-25-21-15-18(10-12-20-8-4-6-14-24-20)22(26-2)16-17(21)9-11-19-7-3-5-13-23-19/h3-16H,1-2H3/b11-9+,12-10+. The molecule has 0 aliphatic heterocycles. The summed E-state index contributed by atoms with van der Waals surface area (Å²) in [6.07, 6.45) is 11.4. The molecule has 2 heterocycles. The zero-order chi connectivity index (χ0) is 18.2. The first-order chi connectivity index (χ1) is 12.8. The van der Waals surface area contributed by atoms with Crippen molar-refractivity contribution < 1.29 is 9.47 Å². The highest BCUT2D eigenvalue weighted by atomic mass is 16.5. The van der Waals surface area contributed by atoms with Crippen LogP contribution < -0.4 is 9.47 Å². The van der Waals surface area contributed by atoms with Crippen LogP contribution in [0.5, 0.6) is 11.5 Å². The van der Waals surface area contributed by atoms with Gasteiger partial charge in [0.15, 0.2) is 0 Å². The van der Waals surface area contributed by atoms with Crippen LogP contribution >= 0.6 is 0 Å². The molecule has 1 aromatic carbocycles. The van der Waals surface area contributed by atoms with E-state index in [0.29, 0.717) is 0 Å². The molecule has 3 aromatic rings. The predicted octanol–water partition coefficient (Wildman–Crippen LogP) is 4.83. The molecule has 4 nitrogen and oxygen atoms in total. The van der Waals surface area contributed by atoms with Gasteiger partial charge in [0.1, 0.15) is 11.5 Å². The lowest BCUT2D eigenvalue weighted by atomic mass is 10.1. The van der Waals surface area contributed by atoms with Crippen molar-refractivity contribution >= 4 is 24.3 Å². The number of ether oxygens (including phenoxy) is 2. The lowest BCUT2D eigenvalue weighted by molar-refractivity contribution is 0.401. The van der Waals surface area contributed by atoms with Gasteiger partial charge in [0.2, 0.25) is 0 Å². The summed E-state index contributed by atoms with van der Waals surface area (Å²) in [4.78, 5) is 8.59. The minimum Gasteiger partial charge on any atom is -0.496 e. The molecule has 0 atom stereocenters. The van der Waals surface area contributed by atoms with Crippen LogP contribution in [0.15, 0.2) is 60.9 Å². The van der Waals surface area contributed by atoms with Gasteiger partial charge >= 0.3 is 0 Å². The van der Waals surface area contributed by atoms with E-state index in [4.69, 9.17) is 9.47 Å². The number of nitrogens with zero attached hydrogens (tertiary/aromatic N) is 2. The Kier molecular flexibility index (Phi) is 5.78. The zero-order valence-electron chi connectivity index (χ0n) is 14.8. The lowest BCUT2D eigenvalue weighted by Crippen LogP contribution is -1.93. The molecule has 0 aliphatic carbocycles. The predicted molar refractivity (Wildman–Crippen MR) is 106 cm³/mol. The second-order valence-electron chi connectivity index (χ2n) is 5.51. The van der Waals surface area contributed by atoms with Gasteiger partial charge in [0.25, 0.3) is 0 Å². The molecule has 0 N–H and O–H groups in total. The van der Waals surface area contributed by atoms with Crippen LogP contribution in [-0.2, 0) is 0 Å². The maximum atomic E-state index is 5.55. The monoisotopic (exact) mass is 344 g/mol. The van der Waals surface area contributed by atoms with Gasteiger partial charge in [-0.05, 0) is 60.7 Å². The molecule has 0 fully saturated rings. The number of hydrogen-bond acceptors (Lipinski definition) is 4. The van der Waals surface area contributed by atoms with Gasteiger partial charge in [-0.1, -0.05) is 12.1 Å². The maximum absolute atomic E-state index is 5.55. The number of pyridine rings is 2. The van der Waals surface area contributed by atoms with Crippen molar-refractivity contribution in [2.75, 3.05) is 14.2 Å². The topological polar surface area (TPSA) is 44.2 Å². The van der Waals surface area contributed by atoms with Crippen LogP contribution in [-0.4, -0.2) is 24.2 Å². The van der Waals surface area contributed by atoms with Gasteiger partial charge in [-0.15, -0.1) is 0 Å². The van der Waals surface area contributed by atoms with Gasteiger partial charge in [-0.2, -0.15) is 0 Å². The molecule has 0 radical (unpaired) electrons. The Labute approximate surface area is 153 Å². The Balaban J connectivity index is 1.93. The van der Waals surface area contributed by atoms with Crippen molar-refractivity contribution in [3.63, 3.8) is 0 Å². The number of aromatic nitrogens is 2. The normalized spacial score (nSPS) is 11.2. The smallest absolute Gasteiger partial charge is 0.126 e. The van der Waals surface area contributed by atoms with Gasteiger partial charge in [0, 0.05) is 23.5 Å². The number of methoxy groups -OCH3 is 2. The van der Waals surface area contributed by atoms with Crippen molar-refractivity contribution in [1.29, 1.82) is 0 Å². The summed E-state index contributed by atoms with van der Waals surface area (Å²) in [7, 11) is 3.32. The average molecular weight is 344 g/mol. The van der Waals surface area contributed by atoms with Crippen LogP contribution in [0.1, 0.15) is 22.5 Å². The Morgan fingerprint density at radius 3 is 1.46 bits per heavy atom. The average Bonchev–Trinajstić information content (AvgIpc) is 2.72. The first-order valence-corrected chi connectivity index (χ1v) is 8.24. The largest absolute Gasteiger partial charge is 0.496 e. The molecule has 0 unspecified atom stereocenters. The molecule has 130 valence electrons. The van der Waals surface area contributed by atoms with E-state index in [1.165, 1.54) is 0 Å². The highest BCUT2D eigenvalue weighted by molar-refractivity contribution is 5.78. The summed E-state index contributed by atoms with van der Waals surface area (Å²) in [6.45, 7) is 0. The fourth-order valence-electron chi connectivity index (χ4n) is 2.50. The fourth-order valence-corrected chi connectivity index (χ4v) is 2.50. The first-order valence-electron chi connectivity index (χ1n) is 8.24. The van der Waals surface area contributed by atoms with Crippen LogP contribution in [0.4, 0.5) is 0 Å². The van der Waals surface area contributed by atoms with Crippen molar-refractivity contribution in [2.45, 2.75) is 0 Å². The summed E-state index contributed by atoms with van der Waals surface area (Å²) >= 11 is 0. The van der Waals surface area contributed by atoms with Crippen LogP contribution in [0.25, 0.3) is 24.3 Å². The van der Waals surface area contributed by atoms with E-state index in [1.54, 1.807) is 26.6 Å². The second kappa shape index (κ2) is 8.62. The van der Waals surface area contributed by atoms with E-state index < -0.39 is 0 Å². The molecular weight excluding hydrogens is 324 g/mol. The van der Waals surface area contributed by atoms with Gasteiger partial charge in [-0.25, -0.2) is 0 Å². The number of hydrogen-bond donors (Lipinski definition) is 0. The van der Waals surface area contributed by atoms with Crippen molar-refractivity contribution in [1.82, 2.24) is 9.97 Å². The Bertz CT molecular complexity index is 827. The molecule has 0 spiro atoms. The van der Waals surface area contributed by atoms with Crippen molar-refractivity contribution in [3.8, 4) is 11.5 Å². The molecule has 26 heavy (non-hydrogen) atoms. The summed E-state index contributed by atoms with van der Waals surface area (Å²) in [5.74, 6) is 1.53. The summed E-state index contributed by atoms with van der Waals surface area (Å²) < 4.78 is 11.1. The molecule has 0 aliphatic rings. The van der Waals surface area contributed by atoms with Gasteiger partial charge in [-0.3, -0.25) is 9.97 Å². The molecule has 0 saturated heterocycles. The first kappa shape index (κ1) is 17.4. The Morgan fingerprint density at radius 2 is 1.12 bits per heavy atom. The highest BCUT2D eigenvalue weighted by Crippen LogP contribution is 2.31. The fraction of sp³-hybridized carbons (Fsp3) is 0.0909. The third-order valence-electron chi connectivity index (χ3n) is 3.82. The summed E-state index contributed by atoms with van der Waals surface area (Å²) in [5, 5.41) is 0. The second-order valence-corrected chi connectivity index (χ2v) is 5.51. The minimum atomic E-state index is 0.763. The lowest BCUT2D eigenvalue weighted by Gasteiger charge is -2.11. The quantitative estimate of drug-likeness (QED) is 0.642. The van der Waals surface area contributed by atoms with E-state index in [9.17, 15) is 0 Å². The molecule has 0 bridgehead atoms. The minimum absolute atomic E-state index is 0.763. The third-order valence-corrected chi connectivity index (χ3v) is 3.82. The van der Waals surface area contributed by atoms with Crippen LogP contribution in [0, 0.1) is 0 Å². The van der Waals surface area contributed by atoms with Crippen LogP contribution in [0.3, 0.4) is 0 Å². The van der Waals surface area contributed by atoms with E-state index >= 15 is 0 Å². The van der Waals surface area contributed by atoms with E-state index in [-0.39, 0.29) is 0 Å². The van der Waals surface area contributed by atoms with E-state index in [1.807, 2.05) is 72.8 Å². The Morgan fingerprint density at radius 1 is 0.654 bits per heavy atom. The van der Waals surface area contributed by atoms with Crippen molar-refractivity contribution in [2.24, 2.45) is 0 Å². The van der Waals surface area contributed by atoms with Crippen molar-refractivity contribution in [3.05, 3.63) is 83.4 Å². The van der Waals surface area contributed by atoms with Crippen LogP contribution in [0.2, 0.25) is 0 Å². The molecular formula is C22H20N2O2. The summed E-state index contributed by atoms with van der Waals surface area (Å²) in [5.41, 5.74) is 3.61. The Hall–Kier alpha value is -3.40. The molecule has 0 amide bonds. The van der Waals surface area contributed by atoms with Gasteiger partial charge < -0.3 is 9.47 Å². The summed E-state index contributed by atoms with van der Waals surface area (Å²) in [6, 6.07) is 15.5. The molecule has 3 rings (SSSR count). The number of benzene rings is 1. The molecule has 4 heteroatoms. The zero-order valence-corrected chi connectivity index (χ0v) is 14.8. The maximum Gasteiger partial charge on any atom is 0.126 e. The third kappa shape index (κ3) is 4.36. The van der Waals surface area contributed by atoms with Gasteiger partial charge in [0.05, 0.1) is 25.6 Å². The molecule has 0 saturated carbocycles. The highest BCUT2D eigenvalue weighted by Gasteiger charge is 2.08. The SMILES string of the molecule is COc1cc(/C=C/c2ccccn2)c(OC)cc1/C=C/c1ccccn1.